The highest BCUT2D eigenvalue weighted by molar-refractivity contribution is 7.80. The van der Waals surface area contributed by atoms with Gasteiger partial charge in [-0.15, -0.1) is 0 Å². The molecule has 0 radical (unpaired) electrons. The predicted molar refractivity (Wildman–Crippen MR) is 125 cm³/mol. The standard InChI is InChI=1S/C22H31FN4O4S/c1-22(2,3)11-19(32)24-12-16-13-27(21(30)31-16)15-4-5-18(17(23)10-15)25-6-8-26(9-7-25)20(29)14-28/h4-5,10,16,28H,6-9,11-14H2,1-3H3,(H,24,32). The van der Waals surface area contributed by atoms with Crippen LogP contribution in [0.3, 0.4) is 0 Å². The Morgan fingerprint density at radius 3 is 2.56 bits per heavy atom. The second-order valence-corrected chi connectivity index (χ2v) is 9.81. The summed E-state index contributed by atoms with van der Waals surface area (Å²) in [5, 5.41) is 12.1. The Bertz CT molecular complexity index is 868. The minimum absolute atomic E-state index is 0.0722. The van der Waals surface area contributed by atoms with Gasteiger partial charge in [0.05, 0.1) is 29.5 Å². The molecule has 0 spiro atoms. The van der Waals surface area contributed by atoms with Crippen molar-refractivity contribution in [2.75, 3.05) is 55.7 Å². The number of nitrogens with one attached hydrogen (secondary N) is 1. The monoisotopic (exact) mass is 466 g/mol. The summed E-state index contributed by atoms with van der Waals surface area (Å²) in [4.78, 5) is 29.5. The number of rotatable bonds is 6. The lowest BCUT2D eigenvalue weighted by molar-refractivity contribution is -0.134. The van der Waals surface area contributed by atoms with Crippen molar-refractivity contribution in [1.82, 2.24) is 10.2 Å². The van der Waals surface area contributed by atoms with Crippen LogP contribution in [0.5, 0.6) is 0 Å². The molecule has 8 nitrogen and oxygen atoms in total. The highest BCUT2D eigenvalue weighted by Gasteiger charge is 2.33. The first kappa shape index (κ1) is 24.2. The number of carbonyl (C=O) groups excluding carboxylic acids is 2. The van der Waals surface area contributed by atoms with Crippen LogP contribution in [0, 0.1) is 11.2 Å². The van der Waals surface area contributed by atoms with E-state index in [0.717, 1.165) is 11.4 Å². The summed E-state index contributed by atoms with van der Waals surface area (Å²) in [6.07, 6.45) is -0.149. The second kappa shape index (κ2) is 9.99. The third kappa shape index (κ3) is 6.07. The number of nitrogens with zero attached hydrogens (tertiary/aromatic N) is 3. The van der Waals surface area contributed by atoms with Crippen LogP contribution in [-0.4, -0.2) is 79.0 Å². The van der Waals surface area contributed by atoms with E-state index in [0.29, 0.717) is 50.6 Å². The quantitative estimate of drug-likeness (QED) is 0.622. The topological polar surface area (TPSA) is 85.4 Å². The number of piperazine rings is 1. The van der Waals surface area contributed by atoms with E-state index in [1.165, 1.54) is 11.0 Å². The first-order valence-corrected chi connectivity index (χ1v) is 11.2. The van der Waals surface area contributed by atoms with Crippen molar-refractivity contribution in [3.63, 3.8) is 0 Å². The van der Waals surface area contributed by atoms with E-state index in [1.807, 2.05) is 4.90 Å². The third-order valence-corrected chi connectivity index (χ3v) is 5.73. The molecule has 0 aromatic heterocycles. The van der Waals surface area contributed by atoms with Crippen LogP contribution in [0.2, 0.25) is 0 Å². The highest BCUT2D eigenvalue weighted by Crippen LogP contribution is 2.28. The number of anilines is 2. The minimum atomic E-state index is -0.520. The molecule has 1 aromatic rings. The fourth-order valence-electron chi connectivity index (χ4n) is 3.83. The number of aliphatic hydroxyl groups is 1. The minimum Gasteiger partial charge on any atom is -0.442 e. The van der Waals surface area contributed by atoms with E-state index >= 15 is 0 Å². The van der Waals surface area contributed by atoms with E-state index in [-0.39, 0.29) is 17.4 Å². The molecule has 176 valence electrons. The van der Waals surface area contributed by atoms with Crippen molar-refractivity contribution in [2.45, 2.75) is 33.3 Å². The average molecular weight is 467 g/mol. The van der Waals surface area contributed by atoms with Gasteiger partial charge in [0.2, 0.25) is 5.91 Å². The van der Waals surface area contributed by atoms with E-state index < -0.39 is 18.5 Å². The van der Waals surface area contributed by atoms with Gasteiger partial charge in [0.25, 0.3) is 0 Å². The first-order chi connectivity index (χ1) is 15.1. The van der Waals surface area contributed by atoms with E-state index in [1.54, 1.807) is 17.0 Å². The van der Waals surface area contributed by atoms with Crippen molar-refractivity contribution >= 4 is 40.6 Å². The molecule has 2 N–H and O–H groups in total. The number of aliphatic hydroxyl groups excluding tert-OH is 1. The molecule has 32 heavy (non-hydrogen) atoms. The molecule has 2 amide bonds. The van der Waals surface area contributed by atoms with Crippen LogP contribution in [0.25, 0.3) is 0 Å². The highest BCUT2D eigenvalue weighted by atomic mass is 32.1. The van der Waals surface area contributed by atoms with Gasteiger partial charge in [-0.1, -0.05) is 33.0 Å². The van der Waals surface area contributed by atoms with Crippen molar-refractivity contribution in [3.8, 4) is 0 Å². The molecule has 0 aliphatic carbocycles. The Kier molecular flexibility index (Phi) is 7.55. The zero-order valence-corrected chi connectivity index (χ0v) is 19.6. The van der Waals surface area contributed by atoms with Crippen LogP contribution in [0.1, 0.15) is 27.2 Å². The lowest BCUT2D eigenvalue weighted by atomic mass is 9.92. The largest absolute Gasteiger partial charge is 0.442 e. The molecular weight excluding hydrogens is 435 g/mol. The first-order valence-electron chi connectivity index (χ1n) is 10.8. The predicted octanol–water partition coefficient (Wildman–Crippen LogP) is 2.14. The van der Waals surface area contributed by atoms with Crippen molar-refractivity contribution in [3.05, 3.63) is 24.0 Å². The molecule has 10 heteroatoms. The van der Waals surface area contributed by atoms with Gasteiger partial charge < -0.3 is 25.0 Å². The summed E-state index contributed by atoms with van der Waals surface area (Å²) < 4.78 is 20.3. The fourth-order valence-corrected chi connectivity index (χ4v) is 4.34. The Balaban J connectivity index is 1.57. The lowest BCUT2D eigenvalue weighted by Gasteiger charge is -2.36. The van der Waals surface area contributed by atoms with Crippen molar-refractivity contribution in [2.24, 2.45) is 5.41 Å². The zero-order valence-electron chi connectivity index (χ0n) is 18.8. The van der Waals surface area contributed by atoms with E-state index in [9.17, 15) is 14.0 Å². The maximum Gasteiger partial charge on any atom is 0.414 e. The maximum absolute atomic E-state index is 14.9. The second-order valence-electron chi connectivity index (χ2n) is 9.32. The van der Waals surface area contributed by atoms with Gasteiger partial charge in [-0.3, -0.25) is 9.69 Å². The summed E-state index contributed by atoms with van der Waals surface area (Å²) in [7, 11) is 0. The van der Waals surface area contributed by atoms with Crippen LogP contribution in [0.4, 0.5) is 20.6 Å². The normalized spacial score (nSPS) is 19.2. The number of hydrogen-bond donors (Lipinski definition) is 2. The number of carbonyl (C=O) groups is 2. The van der Waals surface area contributed by atoms with Gasteiger partial charge in [-0.25, -0.2) is 9.18 Å². The number of thiocarbonyl (C=S) groups is 1. The number of benzene rings is 1. The van der Waals surface area contributed by atoms with Crippen LogP contribution in [0.15, 0.2) is 18.2 Å². The SMILES string of the molecule is CC(C)(C)CC(=S)NCC1CN(c2ccc(N3CCN(C(=O)CO)CC3)c(F)c2)C(=O)O1. The third-order valence-electron chi connectivity index (χ3n) is 5.44. The Morgan fingerprint density at radius 1 is 1.28 bits per heavy atom. The molecule has 2 aliphatic rings. The van der Waals surface area contributed by atoms with Crippen LogP contribution < -0.4 is 15.1 Å². The molecular formula is C22H31FN4O4S. The van der Waals surface area contributed by atoms with Crippen molar-refractivity contribution in [1.29, 1.82) is 0 Å². The number of cyclic esters (lactones) is 1. The summed E-state index contributed by atoms with van der Waals surface area (Å²) in [6, 6.07) is 4.68. The van der Waals surface area contributed by atoms with E-state index in [2.05, 4.69) is 26.1 Å². The van der Waals surface area contributed by atoms with Gasteiger partial charge in [0, 0.05) is 32.6 Å². The maximum atomic E-state index is 14.9. The number of amides is 2. The molecule has 0 saturated carbocycles. The Labute approximate surface area is 193 Å². The van der Waals surface area contributed by atoms with Gasteiger partial charge in [0.15, 0.2) is 0 Å². The Hall–Kier alpha value is -2.46. The van der Waals surface area contributed by atoms with Gasteiger partial charge >= 0.3 is 6.09 Å². The molecule has 2 heterocycles. The van der Waals surface area contributed by atoms with Crippen molar-refractivity contribution < 1.29 is 23.8 Å². The molecule has 2 saturated heterocycles. The molecule has 1 atom stereocenters. The summed E-state index contributed by atoms with van der Waals surface area (Å²) in [6.45, 7) is 8.29. The molecule has 2 fully saturated rings. The molecule has 1 aromatic carbocycles. The smallest absolute Gasteiger partial charge is 0.414 e. The van der Waals surface area contributed by atoms with Crippen LogP contribution in [-0.2, 0) is 9.53 Å². The summed E-state index contributed by atoms with van der Waals surface area (Å²) >= 11 is 5.36. The zero-order chi connectivity index (χ0) is 23.5. The lowest BCUT2D eigenvalue weighted by Crippen LogP contribution is -2.49. The molecule has 3 rings (SSSR count). The van der Waals surface area contributed by atoms with Crippen LogP contribution >= 0.6 is 12.2 Å². The number of hydrogen-bond acceptors (Lipinski definition) is 6. The number of halogens is 1. The molecule has 2 aliphatic heterocycles. The van der Waals surface area contributed by atoms with Gasteiger partial charge in [-0.2, -0.15) is 0 Å². The fraction of sp³-hybridized carbons (Fsp3) is 0.591. The molecule has 0 bridgehead atoms. The van der Waals surface area contributed by atoms with Gasteiger partial charge in [-0.05, 0) is 23.6 Å². The summed E-state index contributed by atoms with van der Waals surface area (Å²) in [5.41, 5.74) is 0.927. The van der Waals surface area contributed by atoms with Gasteiger partial charge in [0.1, 0.15) is 18.5 Å². The number of ether oxygens (including phenoxy) is 1. The van der Waals surface area contributed by atoms with E-state index in [4.69, 9.17) is 22.1 Å². The molecule has 1 unspecified atom stereocenters. The average Bonchev–Trinajstić information content (AvgIpc) is 3.11. The summed E-state index contributed by atoms with van der Waals surface area (Å²) in [5.74, 6) is -0.763. The Morgan fingerprint density at radius 2 is 1.97 bits per heavy atom.